The fourth-order valence-corrected chi connectivity index (χ4v) is 3.14. The summed E-state index contributed by atoms with van der Waals surface area (Å²) in [6, 6.07) is 4.81. The van der Waals surface area contributed by atoms with Crippen molar-refractivity contribution in [2.24, 2.45) is 0 Å². The number of hydrogen-bond acceptors (Lipinski definition) is 2. The van der Waals surface area contributed by atoms with Gasteiger partial charge in [0.25, 0.3) is 0 Å². The fourth-order valence-electron chi connectivity index (χ4n) is 3.14. The van der Waals surface area contributed by atoms with Crippen molar-refractivity contribution in [3.63, 3.8) is 0 Å². The van der Waals surface area contributed by atoms with Crippen LogP contribution < -0.4 is 5.32 Å². The molecular weight excluding hydrogens is 280 g/mol. The fraction of sp³-hybridized carbons (Fsp3) is 0.762. The molecule has 1 unspecified atom stereocenters. The molecule has 0 amide bonds. The quantitative estimate of drug-likeness (QED) is 0.353. The van der Waals surface area contributed by atoms with Crippen LogP contribution in [0, 0.1) is 0 Å². The molecule has 23 heavy (non-hydrogen) atoms. The van der Waals surface area contributed by atoms with E-state index < -0.39 is 0 Å². The Labute approximate surface area is 144 Å². The Hall–Kier alpha value is -1.05. The Balaban J connectivity index is 2.26. The van der Waals surface area contributed by atoms with Gasteiger partial charge in [0.2, 0.25) is 0 Å². The number of aromatic nitrogens is 1. The van der Waals surface area contributed by atoms with Crippen LogP contribution in [0.3, 0.4) is 0 Å². The molecule has 0 saturated heterocycles. The molecule has 1 rings (SSSR count). The number of rotatable bonds is 15. The van der Waals surface area contributed by atoms with Crippen LogP contribution >= 0.6 is 0 Å². The van der Waals surface area contributed by atoms with Gasteiger partial charge in [0.1, 0.15) is 0 Å². The Morgan fingerprint density at radius 1 is 0.739 bits per heavy atom. The zero-order valence-corrected chi connectivity index (χ0v) is 15.5. The average Bonchev–Trinajstić information content (AvgIpc) is 2.58. The van der Waals surface area contributed by atoms with E-state index in [1.54, 1.807) is 0 Å². The lowest BCUT2D eigenvalue weighted by molar-refractivity contribution is 0.505. The Morgan fingerprint density at radius 2 is 1.22 bits per heavy atom. The van der Waals surface area contributed by atoms with Gasteiger partial charge in [0.05, 0.1) is 0 Å². The molecule has 1 heterocycles. The summed E-state index contributed by atoms with van der Waals surface area (Å²) in [7, 11) is 0. The van der Waals surface area contributed by atoms with Gasteiger partial charge in [-0.05, 0) is 25.0 Å². The Morgan fingerprint density at radius 3 is 1.74 bits per heavy atom. The molecule has 0 aliphatic rings. The van der Waals surface area contributed by atoms with Crippen molar-refractivity contribution in [2.75, 3.05) is 5.32 Å². The third-order valence-corrected chi connectivity index (χ3v) is 4.61. The smallest absolute Gasteiger partial charge is 0.0373 e. The van der Waals surface area contributed by atoms with Crippen molar-refractivity contribution in [2.45, 2.75) is 103 Å². The van der Waals surface area contributed by atoms with Gasteiger partial charge in [-0.1, -0.05) is 84.5 Å². The molecule has 132 valence electrons. The molecule has 2 heteroatoms. The van der Waals surface area contributed by atoms with Gasteiger partial charge in [-0.3, -0.25) is 4.98 Å². The number of anilines is 1. The second kappa shape index (κ2) is 14.5. The normalized spacial score (nSPS) is 12.3. The molecule has 0 spiro atoms. The van der Waals surface area contributed by atoms with E-state index in [-0.39, 0.29) is 0 Å². The summed E-state index contributed by atoms with van der Waals surface area (Å²) in [4.78, 5) is 4.11. The Bertz CT molecular complexity index is 350. The molecule has 0 bridgehead atoms. The predicted molar refractivity (Wildman–Crippen MR) is 103 cm³/mol. The average molecular weight is 319 g/mol. The topological polar surface area (TPSA) is 24.9 Å². The molecule has 0 aliphatic heterocycles. The van der Waals surface area contributed by atoms with Crippen molar-refractivity contribution in [3.8, 4) is 0 Å². The van der Waals surface area contributed by atoms with Crippen molar-refractivity contribution in [1.29, 1.82) is 0 Å². The van der Waals surface area contributed by atoms with E-state index in [2.05, 4.69) is 36.3 Å². The highest BCUT2D eigenvalue weighted by Crippen LogP contribution is 2.18. The maximum absolute atomic E-state index is 4.11. The molecule has 0 saturated carbocycles. The summed E-state index contributed by atoms with van der Waals surface area (Å²) in [5.74, 6) is 0. The summed E-state index contributed by atoms with van der Waals surface area (Å²) in [5, 5.41) is 3.73. The first-order valence-corrected chi connectivity index (χ1v) is 10.0. The molecule has 0 aromatic carbocycles. The lowest BCUT2D eigenvalue weighted by Crippen LogP contribution is -2.19. The van der Waals surface area contributed by atoms with E-state index in [0.29, 0.717) is 6.04 Å². The minimum absolute atomic E-state index is 0.630. The second-order valence-corrected chi connectivity index (χ2v) is 6.84. The molecule has 0 radical (unpaired) electrons. The van der Waals surface area contributed by atoms with Gasteiger partial charge in [-0.25, -0.2) is 0 Å². The minimum atomic E-state index is 0.630. The summed E-state index contributed by atoms with van der Waals surface area (Å²) >= 11 is 0. The van der Waals surface area contributed by atoms with Gasteiger partial charge >= 0.3 is 0 Å². The maximum Gasteiger partial charge on any atom is 0.0373 e. The maximum atomic E-state index is 4.11. The van der Waals surface area contributed by atoms with Gasteiger partial charge in [-0.15, -0.1) is 0 Å². The highest BCUT2D eigenvalue weighted by atomic mass is 14.9. The number of unbranched alkanes of at least 4 members (excludes halogenated alkanes) is 9. The summed E-state index contributed by atoms with van der Waals surface area (Å²) in [6.45, 7) is 4.57. The van der Waals surface area contributed by atoms with Crippen LogP contribution in [0.4, 0.5) is 5.69 Å². The molecule has 0 aliphatic carbocycles. The first-order valence-electron chi connectivity index (χ1n) is 10.0. The van der Waals surface area contributed by atoms with Crippen LogP contribution in [0.5, 0.6) is 0 Å². The van der Waals surface area contributed by atoms with Crippen molar-refractivity contribution in [1.82, 2.24) is 4.98 Å². The monoisotopic (exact) mass is 318 g/mol. The summed E-state index contributed by atoms with van der Waals surface area (Å²) in [5.41, 5.74) is 1.23. The second-order valence-electron chi connectivity index (χ2n) is 6.84. The SMILES string of the molecule is CCCCCCCCC(CCCCCCC)Nc1ccncc1. The third-order valence-electron chi connectivity index (χ3n) is 4.61. The standard InChI is InChI=1S/C21H38N2/c1-3-5-7-9-11-13-15-20(14-12-10-8-6-4-2)23-21-16-18-22-19-17-21/h16-20H,3-15H2,1-2H3,(H,22,23). The molecule has 1 N–H and O–H groups in total. The minimum Gasteiger partial charge on any atom is -0.382 e. The van der Waals surface area contributed by atoms with Gasteiger partial charge in [-0.2, -0.15) is 0 Å². The number of hydrogen-bond donors (Lipinski definition) is 1. The van der Waals surface area contributed by atoms with E-state index >= 15 is 0 Å². The molecule has 1 atom stereocenters. The van der Waals surface area contributed by atoms with Crippen LogP contribution in [0.1, 0.15) is 97.3 Å². The third kappa shape index (κ3) is 11.2. The Kier molecular flexibility index (Phi) is 12.6. The zero-order chi connectivity index (χ0) is 16.6. The van der Waals surface area contributed by atoms with E-state index in [1.807, 2.05) is 12.4 Å². The lowest BCUT2D eigenvalue weighted by Gasteiger charge is -2.20. The molecule has 1 aromatic rings. The predicted octanol–water partition coefficient (Wildman–Crippen LogP) is 6.97. The van der Waals surface area contributed by atoms with Crippen LogP contribution in [0.15, 0.2) is 24.5 Å². The van der Waals surface area contributed by atoms with Gasteiger partial charge < -0.3 is 5.32 Å². The van der Waals surface area contributed by atoms with Crippen LogP contribution in [-0.2, 0) is 0 Å². The largest absolute Gasteiger partial charge is 0.382 e. The summed E-state index contributed by atoms with van der Waals surface area (Å²) < 4.78 is 0. The highest BCUT2D eigenvalue weighted by Gasteiger charge is 2.08. The first kappa shape index (κ1) is 20.0. The van der Waals surface area contributed by atoms with Crippen LogP contribution in [0.2, 0.25) is 0 Å². The molecule has 1 aromatic heterocycles. The van der Waals surface area contributed by atoms with Crippen molar-refractivity contribution in [3.05, 3.63) is 24.5 Å². The van der Waals surface area contributed by atoms with E-state index in [4.69, 9.17) is 0 Å². The first-order chi connectivity index (χ1) is 11.4. The molecule has 0 fully saturated rings. The molecule has 2 nitrogen and oxygen atoms in total. The lowest BCUT2D eigenvalue weighted by atomic mass is 10.00. The molecular formula is C21H38N2. The van der Waals surface area contributed by atoms with E-state index in [1.165, 1.54) is 89.2 Å². The van der Waals surface area contributed by atoms with E-state index in [0.717, 1.165) is 0 Å². The van der Waals surface area contributed by atoms with E-state index in [9.17, 15) is 0 Å². The number of nitrogens with one attached hydrogen (secondary N) is 1. The van der Waals surface area contributed by atoms with Gasteiger partial charge in [0.15, 0.2) is 0 Å². The summed E-state index contributed by atoms with van der Waals surface area (Å²) in [6.07, 6.45) is 21.6. The van der Waals surface area contributed by atoms with Crippen molar-refractivity contribution < 1.29 is 0 Å². The number of pyridine rings is 1. The van der Waals surface area contributed by atoms with Gasteiger partial charge in [0, 0.05) is 24.1 Å². The van der Waals surface area contributed by atoms with Crippen LogP contribution in [0.25, 0.3) is 0 Å². The number of nitrogens with zero attached hydrogens (tertiary/aromatic N) is 1. The van der Waals surface area contributed by atoms with Crippen LogP contribution in [-0.4, -0.2) is 11.0 Å². The highest BCUT2D eigenvalue weighted by molar-refractivity contribution is 5.41. The van der Waals surface area contributed by atoms with Crippen molar-refractivity contribution >= 4 is 5.69 Å². The zero-order valence-electron chi connectivity index (χ0n) is 15.5.